The summed E-state index contributed by atoms with van der Waals surface area (Å²) >= 11 is 5.54. The molecule has 0 fully saturated rings. The van der Waals surface area contributed by atoms with Gasteiger partial charge in [0.1, 0.15) is 17.3 Å². The van der Waals surface area contributed by atoms with Crippen LogP contribution in [-0.2, 0) is 9.59 Å². The van der Waals surface area contributed by atoms with Crippen LogP contribution in [0.1, 0.15) is 6.42 Å². The fourth-order valence-electron chi connectivity index (χ4n) is 2.45. The minimum Gasteiger partial charge on any atom is -0.484 e. The molecule has 192 valence electrons. The number of alkyl halides is 3. The van der Waals surface area contributed by atoms with Crippen molar-refractivity contribution in [2.45, 2.75) is 18.9 Å². The van der Waals surface area contributed by atoms with Crippen molar-refractivity contribution in [3.63, 3.8) is 0 Å². The van der Waals surface area contributed by atoms with E-state index in [2.05, 4.69) is 15.4 Å². The largest absolute Gasteiger partial charge is 0.573 e. The number of carbonyl (C=O) groups excluding carboxylic acids is 2. The first kappa shape index (κ1) is 27.9. The number of hydrogen-bond acceptors (Lipinski definition) is 6. The fourth-order valence-corrected chi connectivity index (χ4v) is 2.57. The average Bonchev–Trinajstić information content (AvgIpc) is 2.78. The molecular formula is C21H20ClF5N2O6. The van der Waals surface area contributed by atoms with Gasteiger partial charge >= 0.3 is 6.36 Å². The Hall–Kier alpha value is -3.32. The minimum absolute atomic E-state index is 0.00830. The Morgan fingerprint density at radius 2 is 1.54 bits per heavy atom. The molecule has 0 saturated carbocycles. The highest BCUT2D eigenvalue weighted by molar-refractivity contribution is 6.30. The second kappa shape index (κ2) is 13.0. The lowest BCUT2D eigenvalue weighted by atomic mass is 10.2. The van der Waals surface area contributed by atoms with Crippen LogP contribution >= 0.6 is 11.6 Å². The van der Waals surface area contributed by atoms with Gasteiger partial charge in [-0.2, -0.15) is 0 Å². The molecular weight excluding hydrogens is 507 g/mol. The van der Waals surface area contributed by atoms with Gasteiger partial charge in [0, 0.05) is 25.2 Å². The first-order chi connectivity index (χ1) is 16.4. The second-order valence-electron chi connectivity index (χ2n) is 6.89. The maximum Gasteiger partial charge on any atom is 0.573 e. The van der Waals surface area contributed by atoms with Crippen molar-refractivity contribution in [3.05, 3.63) is 53.1 Å². The summed E-state index contributed by atoms with van der Waals surface area (Å²) in [4.78, 5) is 23.5. The average molecular weight is 527 g/mol. The van der Waals surface area contributed by atoms with Crippen molar-refractivity contribution in [1.82, 2.24) is 10.6 Å². The molecule has 1 atom stereocenters. The van der Waals surface area contributed by atoms with E-state index >= 15 is 0 Å². The molecule has 2 amide bonds. The summed E-state index contributed by atoms with van der Waals surface area (Å²) in [5.74, 6) is -4.44. The number of hydrogen-bond donors (Lipinski definition) is 3. The van der Waals surface area contributed by atoms with Gasteiger partial charge in [0.15, 0.2) is 24.8 Å². The Kier molecular flexibility index (Phi) is 10.3. The number of aliphatic hydroxyl groups is 1. The van der Waals surface area contributed by atoms with Crippen LogP contribution in [0, 0.1) is 11.6 Å². The molecule has 8 nitrogen and oxygen atoms in total. The summed E-state index contributed by atoms with van der Waals surface area (Å²) in [7, 11) is 0. The third-order valence-corrected chi connectivity index (χ3v) is 4.40. The number of ether oxygens (including phenoxy) is 3. The molecule has 0 heterocycles. The van der Waals surface area contributed by atoms with Crippen molar-refractivity contribution in [3.8, 4) is 17.2 Å². The predicted octanol–water partition coefficient (Wildman–Crippen LogP) is 2.96. The summed E-state index contributed by atoms with van der Waals surface area (Å²) in [5.41, 5.74) is 0. The number of rotatable bonds is 12. The molecule has 0 aliphatic carbocycles. The first-order valence-electron chi connectivity index (χ1n) is 9.90. The van der Waals surface area contributed by atoms with Crippen molar-refractivity contribution in [1.29, 1.82) is 0 Å². The van der Waals surface area contributed by atoms with E-state index in [1.807, 2.05) is 0 Å². The Morgan fingerprint density at radius 3 is 2.17 bits per heavy atom. The smallest absolute Gasteiger partial charge is 0.484 e. The molecule has 2 aromatic rings. The van der Waals surface area contributed by atoms with Crippen LogP contribution in [0.15, 0.2) is 36.4 Å². The molecule has 0 bridgehead atoms. The van der Waals surface area contributed by atoms with Gasteiger partial charge in [-0.3, -0.25) is 9.59 Å². The van der Waals surface area contributed by atoms with Crippen molar-refractivity contribution in [2.75, 3.05) is 26.3 Å². The topological polar surface area (TPSA) is 106 Å². The van der Waals surface area contributed by atoms with Gasteiger partial charge < -0.3 is 30.0 Å². The van der Waals surface area contributed by atoms with Crippen LogP contribution in [0.25, 0.3) is 0 Å². The molecule has 0 spiro atoms. The zero-order chi connectivity index (χ0) is 26.0. The predicted molar refractivity (Wildman–Crippen MR) is 112 cm³/mol. The number of nitrogens with one attached hydrogen (secondary N) is 2. The van der Waals surface area contributed by atoms with E-state index in [1.165, 1.54) is 12.1 Å². The fraction of sp³-hybridized carbons (Fsp3) is 0.333. The first-order valence-corrected chi connectivity index (χ1v) is 10.3. The van der Waals surface area contributed by atoms with Gasteiger partial charge in [0.25, 0.3) is 11.8 Å². The molecule has 14 heteroatoms. The normalized spacial score (nSPS) is 12.0. The zero-order valence-electron chi connectivity index (χ0n) is 17.8. The van der Waals surface area contributed by atoms with Crippen molar-refractivity contribution < 1.29 is 50.9 Å². The molecule has 2 aromatic carbocycles. The lowest BCUT2D eigenvalue weighted by Crippen LogP contribution is -2.37. The monoisotopic (exact) mass is 526 g/mol. The van der Waals surface area contributed by atoms with Crippen molar-refractivity contribution >= 4 is 23.4 Å². The third kappa shape index (κ3) is 10.6. The van der Waals surface area contributed by atoms with E-state index in [1.54, 1.807) is 0 Å². The Labute approximate surface area is 200 Å². The van der Waals surface area contributed by atoms with E-state index < -0.39 is 54.9 Å². The molecule has 0 aliphatic rings. The molecule has 0 radical (unpaired) electrons. The Morgan fingerprint density at radius 1 is 0.943 bits per heavy atom. The summed E-state index contributed by atoms with van der Waals surface area (Å²) in [6, 6.07) is 6.03. The van der Waals surface area contributed by atoms with Crippen molar-refractivity contribution in [2.24, 2.45) is 0 Å². The van der Waals surface area contributed by atoms with Gasteiger partial charge in [0.2, 0.25) is 0 Å². The lowest BCUT2D eigenvalue weighted by molar-refractivity contribution is -0.275. The van der Waals surface area contributed by atoms with Gasteiger partial charge in [-0.1, -0.05) is 11.6 Å². The highest BCUT2D eigenvalue weighted by Crippen LogP contribution is 2.29. The number of amides is 2. The van der Waals surface area contributed by atoms with Gasteiger partial charge in [-0.25, -0.2) is 8.78 Å². The Balaban J connectivity index is 1.63. The van der Waals surface area contributed by atoms with Crippen LogP contribution in [0.3, 0.4) is 0 Å². The summed E-state index contributed by atoms with van der Waals surface area (Å²) < 4.78 is 77.0. The zero-order valence-corrected chi connectivity index (χ0v) is 18.6. The van der Waals surface area contributed by atoms with Crippen LogP contribution in [0.2, 0.25) is 5.02 Å². The van der Waals surface area contributed by atoms with E-state index in [9.17, 15) is 36.6 Å². The van der Waals surface area contributed by atoms with E-state index in [4.69, 9.17) is 21.1 Å². The number of aliphatic hydroxyl groups excluding tert-OH is 1. The summed E-state index contributed by atoms with van der Waals surface area (Å²) in [6.07, 6.45) is -6.07. The molecule has 0 unspecified atom stereocenters. The van der Waals surface area contributed by atoms with E-state index in [0.29, 0.717) is 12.1 Å². The van der Waals surface area contributed by atoms with Crippen LogP contribution in [0.5, 0.6) is 17.2 Å². The Bertz CT molecular complexity index is 1020. The molecule has 3 N–H and O–H groups in total. The summed E-state index contributed by atoms with van der Waals surface area (Å²) in [6.45, 7) is -1.18. The SMILES string of the molecule is O=C(COc1ccc(F)c(OC(F)(F)F)c1)NCC[C@H](O)CNC(=O)COc1ccc(Cl)c(F)c1. The van der Waals surface area contributed by atoms with E-state index in [0.717, 1.165) is 12.1 Å². The number of carbonyl (C=O) groups is 2. The van der Waals surface area contributed by atoms with Gasteiger partial charge in [0.05, 0.1) is 11.1 Å². The van der Waals surface area contributed by atoms with Crippen LogP contribution in [-0.4, -0.2) is 55.7 Å². The van der Waals surface area contributed by atoms with Crippen LogP contribution < -0.4 is 24.8 Å². The van der Waals surface area contributed by atoms with Gasteiger partial charge in [-0.15, -0.1) is 13.2 Å². The summed E-state index contributed by atoms with van der Waals surface area (Å²) in [5, 5.41) is 14.6. The quantitative estimate of drug-likeness (QED) is 0.367. The maximum atomic E-state index is 13.4. The highest BCUT2D eigenvalue weighted by atomic mass is 35.5. The van der Waals surface area contributed by atoms with Crippen LogP contribution in [0.4, 0.5) is 22.0 Å². The molecule has 0 saturated heterocycles. The minimum atomic E-state index is -5.10. The highest BCUT2D eigenvalue weighted by Gasteiger charge is 2.32. The lowest BCUT2D eigenvalue weighted by Gasteiger charge is -2.14. The third-order valence-electron chi connectivity index (χ3n) is 4.09. The standard InChI is InChI=1S/C21H20ClF5N2O6/c22-15-3-1-13(7-17(15)24)33-11-20(32)29-9-12(30)5-6-28-19(31)10-34-14-2-4-16(23)18(8-14)35-21(25,26)27/h1-4,7-8,12,30H,5-6,9-11H2,(H,28,31)(H,29,32)/t12-/m0/s1. The number of halogens is 6. The van der Waals surface area contributed by atoms with Gasteiger partial charge in [-0.05, 0) is 30.7 Å². The molecule has 0 aromatic heterocycles. The second-order valence-corrected chi connectivity index (χ2v) is 7.30. The molecule has 35 heavy (non-hydrogen) atoms. The van der Waals surface area contributed by atoms with E-state index in [-0.39, 0.29) is 36.0 Å². The molecule has 2 rings (SSSR count). The number of benzene rings is 2. The maximum absolute atomic E-state index is 13.4. The molecule has 0 aliphatic heterocycles.